The Morgan fingerprint density at radius 1 is 1.58 bits per heavy atom. The number of hydrogen-bond acceptors (Lipinski definition) is 2. The number of ether oxygens (including phenoxy) is 1. The molecule has 0 N–H and O–H groups in total. The summed E-state index contributed by atoms with van der Waals surface area (Å²) < 4.78 is 4.89. The second kappa shape index (κ2) is 4.70. The van der Waals surface area contributed by atoms with E-state index >= 15 is 0 Å². The topological polar surface area (TPSA) is 26.3 Å². The highest BCUT2D eigenvalue weighted by atomic mass is 35.5. The molecule has 2 nitrogen and oxygen atoms in total. The molecule has 1 unspecified atom stereocenters. The summed E-state index contributed by atoms with van der Waals surface area (Å²) >= 11 is 5.54. The van der Waals surface area contributed by atoms with E-state index in [9.17, 15) is 4.79 Å². The zero-order chi connectivity index (χ0) is 9.78. The maximum Gasteiger partial charge on any atom is 0.312 e. The van der Waals surface area contributed by atoms with Gasteiger partial charge in [0.05, 0.1) is 5.41 Å². The molecule has 0 amide bonds. The molecule has 0 aliphatic heterocycles. The predicted molar refractivity (Wildman–Crippen MR) is 50.1 cm³/mol. The molecular formula is C9H17ClO2. The predicted octanol–water partition coefficient (Wildman–Crippen LogP) is 2.94. The second-order valence-electron chi connectivity index (χ2n) is 3.58. The van der Waals surface area contributed by atoms with E-state index in [1.165, 1.54) is 0 Å². The van der Waals surface area contributed by atoms with Gasteiger partial charge in [0.25, 0.3) is 0 Å². The maximum absolute atomic E-state index is 11.4. The molecule has 0 aliphatic rings. The molecule has 1 atom stereocenters. The Balaban J connectivity index is 4.06. The Morgan fingerprint density at radius 3 is 2.42 bits per heavy atom. The van der Waals surface area contributed by atoms with Crippen molar-refractivity contribution in [1.82, 2.24) is 0 Å². The summed E-state index contributed by atoms with van der Waals surface area (Å²) in [7, 11) is 0. The van der Waals surface area contributed by atoms with Crippen molar-refractivity contribution in [3.63, 3.8) is 0 Å². The molecule has 0 fully saturated rings. The molecule has 0 rings (SSSR count). The van der Waals surface area contributed by atoms with E-state index in [1.807, 2.05) is 20.8 Å². The van der Waals surface area contributed by atoms with Gasteiger partial charge in [-0.25, -0.2) is 0 Å². The van der Waals surface area contributed by atoms with E-state index in [1.54, 1.807) is 6.92 Å². The first-order valence-corrected chi connectivity index (χ1v) is 4.69. The number of hydrogen-bond donors (Lipinski definition) is 0. The van der Waals surface area contributed by atoms with Crippen molar-refractivity contribution >= 4 is 17.6 Å². The monoisotopic (exact) mass is 192 g/mol. The lowest BCUT2D eigenvalue weighted by Crippen LogP contribution is -2.28. The first-order valence-electron chi connectivity index (χ1n) is 4.25. The molecule has 0 bridgehead atoms. The molecule has 0 aliphatic carbocycles. The van der Waals surface area contributed by atoms with Crippen molar-refractivity contribution < 1.29 is 9.53 Å². The lowest BCUT2D eigenvalue weighted by molar-refractivity contribution is -0.155. The summed E-state index contributed by atoms with van der Waals surface area (Å²) in [6.45, 7) is 7.43. The van der Waals surface area contributed by atoms with Crippen LogP contribution < -0.4 is 0 Å². The lowest BCUT2D eigenvalue weighted by atomic mass is 9.88. The normalized spacial score (nSPS) is 14.1. The number of carbonyl (C=O) groups is 1. The van der Waals surface area contributed by atoms with Crippen LogP contribution >= 0.6 is 11.6 Å². The van der Waals surface area contributed by atoms with Gasteiger partial charge in [0, 0.05) is 0 Å². The number of alkyl halides is 1. The largest absolute Gasteiger partial charge is 0.446 e. The molecule has 0 aromatic carbocycles. The summed E-state index contributed by atoms with van der Waals surface area (Å²) in [6, 6.07) is 0. The van der Waals surface area contributed by atoms with Gasteiger partial charge in [-0.05, 0) is 27.2 Å². The van der Waals surface area contributed by atoms with Gasteiger partial charge in [0.2, 0.25) is 0 Å². The standard InChI is InChI=1S/C9H17ClO2/c1-5-6-9(3,4)8(11)12-7(2)10/h7H,5-6H2,1-4H3. The number of rotatable bonds is 4. The van der Waals surface area contributed by atoms with Crippen LogP contribution in [0.25, 0.3) is 0 Å². The van der Waals surface area contributed by atoms with Gasteiger partial charge < -0.3 is 4.74 Å². The SMILES string of the molecule is CCCC(C)(C)C(=O)OC(C)Cl. The van der Waals surface area contributed by atoms with Crippen LogP contribution in [0.3, 0.4) is 0 Å². The zero-order valence-corrected chi connectivity index (χ0v) is 8.94. The van der Waals surface area contributed by atoms with Gasteiger partial charge >= 0.3 is 5.97 Å². The highest BCUT2D eigenvalue weighted by molar-refractivity contribution is 6.20. The molecule has 72 valence electrons. The molecule has 0 aromatic heterocycles. The molecule has 0 radical (unpaired) electrons. The Morgan fingerprint density at radius 2 is 2.08 bits per heavy atom. The lowest BCUT2D eigenvalue weighted by Gasteiger charge is -2.22. The minimum atomic E-state index is -0.534. The second-order valence-corrected chi connectivity index (χ2v) is 4.20. The van der Waals surface area contributed by atoms with Gasteiger partial charge in [-0.3, -0.25) is 4.79 Å². The summed E-state index contributed by atoms with van der Waals surface area (Å²) in [5.41, 5.74) is -0.939. The van der Waals surface area contributed by atoms with Crippen LogP contribution in [0.2, 0.25) is 0 Å². The first kappa shape index (κ1) is 11.8. The maximum atomic E-state index is 11.4. The summed E-state index contributed by atoms with van der Waals surface area (Å²) in [5, 5.41) is 0. The van der Waals surface area contributed by atoms with E-state index in [4.69, 9.17) is 16.3 Å². The average Bonchev–Trinajstić information content (AvgIpc) is 1.85. The fourth-order valence-electron chi connectivity index (χ4n) is 1.03. The minimum absolute atomic E-state index is 0.216. The Kier molecular flexibility index (Phi) is 4.61. The van der Waals surface area contributed by atoms with Crippen LogP contribution in [0, 0.1) is 5.41 Å². The van der Waals surface area contributed by atoms with Gasteiger partial charge in [-0.2, -0.15) is 0 Å². The van der Waals surface area contributed by atoms with Gasteiger partial charge in [0.15, 0.2) is 5.56 Å². The molecule has 0 heterocycles. The third-order valence-corrected chi connectivity index (χ3v) is 1.79. The fourth-order valence-corrected chi connectivity index (χ4v) is 1.11. The van der Waals surface area contributed by atoms with Crippen LogP contribution in [-0.2, 0) is 9.53 Å². The highest BCUT2D eigenvalue weighted by Crippen LogP contribution is 2.24. The first-order chi connectivity index (χ1) is 5.40. The van der Waals surface area contributed by atoms with Crippen molar-refractivity contribution in [2.45, 2.75) is 46.1 Å². The van der Waals surface area contributed by atoms with Crippen LogP contribution in [-0.4, -0.2) is 11.5 Å². The van der Waals surface area contributed by atoms with Crippen molar-refractivity contribution in [2.24, 2.45) is 5.41 Å². The van der Waals surface area contributed by atoms with Gasteiger partial charge in [-0.15, -0.1) is 0 Å². The third kappa shape index (κ3) is 3.96. The third-order valence-electron chi connectivity index (χ3n) is 1.70. The van der Waals surface area contributed by atoms with E-state index < -0.39 is 11.0 Å². The quantitative estimate of drug-likeness (QED) is 0.506. The van der Waals surface area contributed by atoms with Crippen LogP contribution in [0.5, 0.6) is 0 Å². The van der Waals surface area contributed by atoms with E-state index in [2.05, 4.69) is 0 Å². The molecule has 0 saturated heterocycles. The Labute approximate surface area is 79.2 Å². The molecule has 0 aromatic rings. The zero-order valence-electron chi connectivity index (χ0n) is 8.19. The molecule has 0 spiro atoms. The van der Waals surface area contributed by atoms with E-state index in [-0.39, 0.29) is 5.97 Å². The summed E-state index contributed by atoms with van der Waals surface area (Å²) in [4.78, 5) is 11.4. The Hall–Kier alpha value is -0.240. The molecule has 3 heteroatoms. The van der Waals surface area contributed by atoms with Crippen LogP contribution in [0.4, 0.5) is 0 Å². The van der Waals surface area contributed by atoms with Crippen LogP contribution in [0.1, 0.15) is 40.5 Å². The smallest absolute Gasteiger partial charge is 0.312 e. The average molecular weight is 193 g/mol. The minimum Gasteiger partial charge on any atom is -0.446 e. The highest BCUT2D eigenvalue weighted by Gasteiger charge is 2.28. The fraction of sp³-hybridized carbons (Fsp3) is 0.889. The molecule has 12 heavy (non-hydrogen) atoms. The van der Waals surface area contributed by atoms with E-state index in [0.717, 1.165) is 12.8 Å². The van der Waals surface area contributed by atoms with Gasteiger partial charge in [0.1, 0.15) is 0 Å². The van der Waals surface area contributed by atoms with Crippen molar-refractivity contribution in [2.75, 3.05) is 0 Å². The van der Waals surface area contributed by atoms with E-state index in [0.29, 0.717) is 0 Å². The number of carbonyl (C=O) groups excluding carboxylic acids is 1. The summed E-state index contributed by atoms with van der Waals surface area (Å²) in [5.74, 6) is -0.216. The Bertz CT molecular complexity index is 153. The number of esters is 1. The number of halogens is 1. The van der Waals surface area contributed by atoms with Crippen molar-refractivity contribution in [3.05, 3.63) is 0 Å². The van der Waals surface area contributed by atoms with Gasteiger partial charge in [-0.1, -0.05) is 24.9 Å². The van der Waals surface area contributed by atoms with Crippen molar-refractivity contribution in [1.29, 1.82) is 0 Å². The molecular weight excluding hydrogens is 176 g/mol. The molecule has 0 saturated carbocycles. The van der Waals surface area contributed by atoms with Crippen molar-refractivity contribution in [3.8, 4) is 0 Å². The van der Waals surface area contributed by atoms with Crippen LogP contribution in [0.15, 0.2) is 0 Å². The summed E-state index contributed by atoms with van der Waals surface area (Å²) in [6.07, 6.45) is 1.80.